The Morgan fingerprint density at radius 3 is 2.86 bits per heavy atom. The summed E-state index contributed by atoms with van der Waals surface area (Å²) < 4.78 is 7.56. The summed E-state index contributed by atoms with van der Waals surface area (Å²) in [7, 11) is 3.51. The van der Waals surface area contributed by atoms with Crippen molar-refractivity contribution in [2.45, 2.75) is 68.5 Å². The Hall–Kier alpha value is -1.38. The molecule has 6 nitrogen and oxygen atoms in total. The lowest BCUT2D eigenvalue weighted by Gasteiger charge is -2.20. The first kappa shape index (κ1) is 19.9. The van der Waals surface area contributed by atoms with E-state index in [1.54, 1.807) is 34.9 Å². The number of carbonyl (C=O) groups is 1. The third kappa shape index (κ3) is 3.74. The molecule has 0 N–H and O–H groups in total. The van der Waals surface area contributed by atoms with Gasteiger partial charge in [-0.25, -0.2) is 4.98 Å². The van der Waals surface area contributed by atoms with Crippen LogP contribution in [0.5, 0.6) is 0 Å². The van der Waals surface area contributed by atoms with Crippen molar-refractivity contribution in [2.24, 2.45) is 0 Å². The highest BCUT2D eigenvalue weighted by molar-refractivity contribution is 8.00. The van der Waals surface area contributed by atoms with Gasteiger partial charge in [0.05, 0.1) is 23.3 Å². The molecule has 1 amide bonds. The fraction of sp³-hybridized carbons (Fsp3) is 0.650. The van der Waals surface area contributed by atoms with Crippen molar-refractivity contribution in [3.8, 4) is 0 Å². The fourth-order valence-corrected chi connectivity index (χ4v) is 6.40. The van der Waals surface area contributed by atoms with Crippen molar-refractivity contribution in [2.75, 3.05) is 20.7 Å². The summed E-state index contributed by atoms with van der Waals surface area (Å²) in [6.45, 7) is 3.14. The van der Waals surface area contributed by atoms with Gasteiger partial charge < -0.3 is 9.64 Å². The molecule has 2 aromatic rings. The third-order valence-electron chi connectivity index (χ3n) is 5.52. The molecule has 0 aromatic carbocycles. The van der Waals surface area contributed by atoms with Gasteiger partial charge in [0.25, 0.3) is 5.56 Å². The van der Waals surface area contributed by atoms with Crippen molar-refractivity contribution < 1.29 is 9.53 Å². The Morgan fingerprint density at radius 1 is 1.36 bits per heavy atom. The number of hydrogen-bond acceptors (Lipinski definition) is 6. The lowest BCUT2D eigenvalue weighted by atomic mass is 9.97. The number of thioether (sulfide) groups is 1. The van der Waals surface area contributed by atoms with Crippen LogP contribution in [-0.2, 0) is 28.9 Å². The highest BCUT2D eigenvalue weighted by Gasteiger charge is 2.27. The second kappa shape index (κ2) is 8.16. The zero-order valence-corrected chi connectivity index (χ0v) is 18.3. The van der Waals surface area contributed by atoms with Crippen LogP contribution >= 0.6 is 23.1 Å². The second-order valence-electron chi connectivity index (χ2n) is 7.83. The molecule has 28 heavy (non-hydrogen) atoms. The van der Waals surface area contributed by atoms with Crippen LogP contribution < -0.4 is 5.56 Å². The summed E-state index contributed by atoms with van der Waals surface area (Å²) in [5, 5.41) is 1.13. The molecule has 0 bridgehead atoms. The molecule has 1 aliphatic carbocycles. The van der Waals surface area contributed by atoms with Crippen LogP contribution in [0, 0.1) is 0 Å². The number of amides is 1. The van der Waals surface area contributed by atoms with Crippen LogP contribution in [0.3, 0.4) is 0 Å². The second-order valence-corrected chi connectivity index (χ2v) is 10.2. The lowest BCUT2D eigenvalue weighted by molar-refractivity contribution is -0.127. The quantitative estimate of drug-likeness (QED) is 0.548. The van der Waals surface area contributed by atoms with Crippen molar-refractivity contribution in [1.82, 2.24) is 14.5 Å². The zero-order valence-electron chi connectivity index (χ0n) is 16.7. The molecular weight excluding hydrogens is 394 g/mol. The Labute approximate surface area is 173 Å². The van der Waals surface area contributed by atoms with Gasteiger partial charge in [-0.15, -0.1) is 11.3 Å². The van der Waals surface area contributed by atoms with Crippen molar-refractivity contribution >= 4 is 39.2 Å². The molecule has 0 unspecified atom stereocenters. The molecule has 2 aromatic heterocycles. The number of aromatic nitrogens is 2. The van der Waals surface area contributed by atoms with E-state index in [0.717, 1.165) is 48.9 Å². The van der Waals surface area contributed by atoms with E-state index in [9.17, 15) is 9.59 Å². The summed E-state index contributed by atoms with van der Waals surface area (Å²) in [4.78, 5) is 34.5. The Kier molecular flexibility index (Phi) is 5.81. The average molecular weight is 422 g/mol. The molecular formula is C20H27N3O3S2. The number of thiophene rings is 1. The number of ether oxygens (including phenoxy) is 1. The molecule has 8 heteroatoms. The van der Waals surface area contributed by atoms with Crippen molar-refractivity contribution in [3.05, 3.63) is 20.8 Å². The molecule has 0 saturated carbocycles. The molecule has 152 valence electrons. The number of nitrogens with zero attached hydrogens (tertiary/aromatic N) is 3. The Bertz CT molecular complexity index is 944. The Balaban J connectivity index is 1.79. The number of fused-ring (bicyclic) bond motifs is 3. The van der Waals surface area contributed by atoms with E-state index in [4.69, 9.17) is 9.72 Å². The van der Waals surface area contributed by atoms with Crippen LogP contribution in [-0.4, -0.2) is 52.4 Å². The van der Waals surface area contributed by atoms with Crippen molar-refractivity contribution in [1.29, 1.82) is 0 Å². The average Bonchev–Trinajstić information content (AvgIpc) is 3.31. The number of hydrogen-bond donors (Lipinski definition) is 0. The van der Waals surface area contributed by atoms with E-state index in [2.05, 4.69) is 0 Å². The van der Waals surface area contributed by atoms with Gasteiger partial charge in [0.2, 0.25) is 5.91 Å². The zero-order chi connectivity index (χ0) is 19.8. The van der Waals surface area contributed by atoms with Gasteiger partial charge in [0.15, 0.2) is 5.16 Å². The van der Waals surface area contributed by atoms with Gasteiger partial charge in [-0.3, -0.25) is 14.2 Å². The minimum Gasteiger partial charge on any atom is -0.376 e. The van der Waals surface area contributed by atoms with Gasteiger partial charge in [0.1, 0.15) is 4.83 Å². The van der Waals surface area contributed by atoms with Gasteiger partial charge in [-0.2, -0.15) is 0 Å². The predicted molar refractivity (Wildman–Crippen MR) is 114 cm³/mol. The first-order chi connectivity index (χ1) is 13.5. The van der Waals surface area contributed by atoms with Crippen LogP contribution in [0.15, 0.2) is 9.95 Å². The highest BCUT2D eigenvalue weighted by atomic mass is 32.2. The minimum absolute atomic E-state index is 0.0217. The maximum atomic E-state index is 13.5. The van der Waals surface area contributed by atoms with E-state index in [1.807, 2.05) is 6.92 Å². The van der Waals surface area contributed by atoms with Crippen LogP contribution in [0.25, 0.3) is 10.2 Å². The van der Waals surface area contributed by atoms with Gasteiger partial charge >= 0.3 is 0 Å². The lowest BCUT2D eigenvalue weighted by Crippen LogP contribution is -2.32. The monoisotopic (exact) mass is 421 g/mol. The largest absolute Gasteiger partial charge is 0.376 e. The van der Waals surface area contributed by atoms with Gasteiger partial charge in [-0.05, 0) is 51.0 Å². The fourth-order valence-electron chi connectivity index (χ4n) is 4.03. The number of rotatable bonds is 5. The molecule has 2 aliphatic rings. The molecule has 2 atom stereocenters. The normalized spacial score (nSPS) is 20.3. The summed E-state index contributed by atoms with van der Waals surface area (Å²) in [6, 6.07) is 0. The Morgan fingerprint density at radius 2 is 2.14 bits per heavy atom. The molecule has 0 radical (unpaired) electrons. The smallest absolute Gasteiger partial charge is 0.263 e. The van der Waals surface area contributed by atoms with E-state index in [-0.39, 0.29) is 22.8 Å². The molecule has 4 rings (SSSR count). The SMILES string of the molecule is C[C@H](Sc1nc2sc3c(c2c(=O)n1C[C@@H]1CCCO1)CCCC3)C(=O)N(C)C. The first-order valence-electron chi connectivity index (χ1n) is 10.00. The maximum Gasteiger partial charge on any atom is 0.263 e. The van der Waals surface area contributed by atoms with Crippen LogP contribution in [0.4, 0.5) is 0 Å². The topological polar surface area (TPSA) is 64.4 Å². The first-order valence-corrected chi connectivity index (χ1v) is 11.7. The highest BCUT2D eigenvalue weighted by Crippen LogP contribution is 2.35. The molecule has 1 fully saturated rings. The predicted octanol–water partition coefficient (Wildman–Crippen LogP) is 3.08. The van der Waals surface area contributed by atoms with E-state index < -0.39 is 0 Å². The van der Waals surface area contributed by atoms with Gasteiger partial charge in [0, 0.05) is 25.6 Å². The summed E-state index contributed by atoms with van der Waals surface area (Å²) in [6.07, 6.45) is 6.36. The third-order valence-corrected chi connectivity index (χ3v) is 7.78. The van der Waals surface area contributed by atoms with E-state index in [1.165, 1.54) is 28.6 Å². The molecule has 3 heterocycles. The van der Waals surface area contributed by atoms with Crippen LogP contribution in [0.1, 0.15) is 43.0 Å². The van der Waals surface area contributed by atoms with E-state index >= 15 is 0 Å². The molecule has 0 spiro atoms. The standard InChI is InChI=1S/C20H27N3O3S2/c1-12(18(24)22(2)3)27-20-21-17-16(14-8-4-5-9-15(14)28-17)19(25)23(20)11-13-7-6-10-26-13/h12-13H,4-11H2,1-3H3/t12-,13-/m0/s1. The van der Waals surface area contributed by atoms with E-state index in [0.29, 0.717) is 11.7 Å². The number of carbonyl (C=O) groups excluding carboxylic acids is 1. The minimum atomic E-state index is -0.301. The van der Waals surface area contributed by atoms with Crippen molar-refractivity contribution in [3.63, 3.8) is 0 Å². The summed E-state index contributed by atoms with van der Waals surface area (Å²) in [5.41, 5.74) is 1.24. The summed E-state index contributed by atoms with van der Waals surface area (Å²) in [5.74, 6) is 0.0217. The summed E-state index contributed by atoms with van der Waals surface area (Å²) >= 11 is 3.03. The maximum absolute atomic E-state index is 13.5. The van der Waals surface area contributed by atoms with Gasteiger partial charge in [-0.1, -0.05) is 11.8 Å². The molecule has 1 aliphatic heterocycles. The molecule has 1 saturated heterocycles. The number of aryl methyl sites for hydroxylation is 2. The van der Waals surface area contributed by atoms with Crippen LogP contribution in [0.2, 0.25) is 0 Å².